The first-order chi connectivity index (χ1) is 13.5. The Morgan fingerprint density at radius 2 is 2.00 bits per heavy atom. The Kier molecular flexibility index (Phi) is 4.81. The molecule has 0 radical (unpaired) electrons. The normalized spacial score (nSPS) is 14.5. The highest BCUT2D eigenvalue weighted by Crippen LogP contribution is 2.29. The number of amides is 2. The van der Waals surface area contributed by atoms with Crippen molar-refractivity contribution in [1.29, 1.82) is 0 Å². The molecule has 1 N–H and O–H groups in total. The Morgan fingerprint density at radius 1 is 1.21 bits per heavy atom. The van der Waals surface area contributed by atoms with Crippen molar-refractivity contribution in [2.75, 3.05) is 11.4 Å². The van der Waals surface area contributed by atoms with E-state index in [1.807, 2.05) is 19.9 Å². The summed E-state index contributed by atoms with van der Waals surface area (Å²) in [5, 5.41) is 7.49. The molecule has 2 amide bonds. The molecule has 0 unspecified atom stereocenters. The second kappa shape index (κ2) is 7.42. The number of aryl methyl sites for hydroxylation is 1. The van der Waals surface area contributed by atoms with Crippen LogP contribution in [0.4, 0.5) is 14.9 Å². The first kappa shape index (κ1) is 18.2. The van der Waals surface area contributed by atoms with E-state index in [2.05, 4.69) is 15.4 Å². The number of aromatic nitrogens is 3. The minimum absolute atomic E-state index is 0.155. The van der Waals surface area contributed by atoms with Gasteiger partial charge in [0, 0.05) is 18.9 Å². The van der Waals surface area contributed by atoms with Crippen molar-refractivity contribution >= 4 is 11.7 Å². The highest BCUT2D eigenvalue weighted by atomic mass is 19.1. The van der Waals surface area contributed by atoms with Gasteiger partial charge in [-0.05, 0) is 62.1 Å². The van der Waals surface area contributed by atoms with Crippen LogP contribution in [0.25, 0.3) is 5.69 Å². The average Bonchev–Trinajstić information content (AvgIpc) is 3.12. The summed E-state index contributed by atoms with van der Waals surface area (Å²) >= 11 is 0. The number of halogens is 1. The van der Waals surface area contributed by atoms with Crippen molar-refractivity contribution in [3.8, 4) is 5.69 Å². The van der Waals surface area contributed by atoms with Gasteiger partial charge in [0.25, 0.3) is 0 Å². The summed E-state index contributed by atoms with van der Waals surface area (Å²) in [5.41, 5.74) is 4.55. The first-order valence-electron chi connectivity index (χ1n) is 9.35. The van der Waals surface area contributed by atoms with Gasteiger partial charge in [-0.2, -0.15) is 5.10 Å². The van der Waals surface area contributed by atoms with E-state index in [1.54, 1.807) is 40.3 Å². The van der Waals surface area contributed by atoms with Gasteiger partial charge in [0.1, 0.15) is 5.82 Å². The number of pyridine rings is 1. The monoisotopic (exact) mass is 379 g/mol. The van der Waals surface area contributed by atoms with Crippen LogP contribution in [0.1, 0.15) is 36.2 Å². The van der Waals surface area contributed by atoms with Gasteiger partial charge in [-0.25, -0.2) is 13.9 Å². The molecule has 1 aliphatic heterocycles. The predicted octanol–water partition coefficient (Wildman–Crippen LogP) is 3.94. The van der Waals surface area contributed by atoms with Crippen LogP contribution in [0.5, 0.6) is 0 Å². The second-order valence-electron chi connectivity index (χ2n) is 7.09. The minimum Gasteiger partial charge on any atom is -0.331 e. The number of rotatable bonds is 3. The maximum Gasteiger partial charge on any atom is 0.322 e. The van der Waals surface area contributed by atoms with Crippen molar-refractivity contribution in [3.63, 3.8) is 0 Å². The summed E-state index contributed by atoms with van der Waals surface area (Å²) in [6, 6.07) is 7.91. The molecule has 0 bridgehead atoms. The van der Waals surface area contributed by atoms with E-state index < -0.39 is 0 Å². The fourth-order valence-electron chi connectivity index (χ4n) is 3.53. The lowest BCUT2D eigenvalue weighted by atomic mass is 10.1. The predicted molar refractivity (Wildman–Crippen MR) is 105 cm³/mol. The maximum absolute atomic E-state index is 13.2. The zero-order valence-electron chi connectivity index (χ0n) is 15.9. The molecule has 0 aliphatic carbocycles. The Morgan fingerprint density at radius 3 is 2.75 bits per heavy atom. The van der Waals surface area contributed by atoms with Crippen LogP contribution in [-0.2, 0) is 6.42 Å². The maximum atomic E-state index is 13.2. The van der Waals surface area contributed by atoms with E-state index in [0.717, 1.165) is 41.0 Å². The molecule has 0 fully saturated rings. The van der Waals surface area contributed by atoms with Gasteiger partial charge in [0.15, 0.2) is 0 Å². The number of benzene rings is 1. The Hall–Kier alpha value is -3.22. The molecule has 2 aromatic heterocycles. The van der Waals surface area contributed by atoms with E-state index in [9.17, 15) is 9.18 Å². The zero-order valence-corrected chi connectivity index (χ0v) is 15.9. The molecule has 4 rings (SSSR count). The number of carbonyl (C=O) groups is 1. The number of hydrogen-bond acceptors (Lipinski definition) is 3. The SMILES string of the molecule is Cc1cncc([C@H](C)NC(=O)N2CCCc3c2cnn3-c2ccc(F)cc2)c1. The van der Waals surface area contributed by atoms with Crippen LogP contribution in [0.2, 0.25) is 0 Å². The van der Waals surface area contributed by atoms with E-state index in [1.165, 1.54) is 12.1 Å². The van der Waals surface area contributed by atoms with E-state index in [0.29, 0.717) is 6.54 Å². The molecule has 7 heteroatoms. The summed E-state index contributed by atoms with van der Waals surface area (Å²) < 4.78 is 15.0. The lowest BCUT2D eigenvalue weighted by molar-refractivity contribution is 0.243. The van der Waals surface area contributed by atoms with Crippen molar-refractivity contribution in [1.82, 2.24) is 20.1 Å². The smallest absolute Gasteiger partial charge is 0.322 e. The van der Waals surface area contributed by atoms with Crippen LogP contribution >= 0.6 is 0 Å². The summed E-state index contributed by atoms with van der Waals surface area (Å²) in [4.78, 5) is 18.9. The van der Waals surface area contributed by atoms with Gasteiger partial charge in [-0.1, -0.05) is 6.07 Å². The third-order valence-corrected chi connectivity index (χ3v) is 4.99. The first-order valence-corrected chi connectivity index (χ1v) is 9.35. The Balaban J connectivity index is 1.56. The molecule has 3 heterocycles. The van der Waals surface area contributed by atoms with Gasteiger partial charge in [-0.3, -0.25) is 9.88 Å². The molecule has 1 atom stereocenters. The minimum atomic E-state index is -0.287. The number of nitrogens with one attached hydrogen (secondary N) is 1. The molecule has 6 nitrogen and oxygen atoms in total. The standard InChI is InChI=1S/C21H22FN5O/c1-14-10-16(12-23-11-14)15(2)25-21(28)26-9-3-4-19-20(26)13-24-27(19)18-7-5-17(22)6-8-18/h5-8,10-13,15H,3-4,9H2,1-2H3,(H,25,28)/t15-/m0/s1. The summed E-state index contributed by atoms with van der Waals surface area (Å²) in [6.07, 6.45) is 6.92. The molecular formula is C21H22FN5O. The quantitative estimate of drug-likeness (QED) is 0.750. The van der Waals surface area contributed by atoms with Crippen LogP contribution in [0.15, 0.2) is 48.9 Å². The largest absolute Gasteiger partial charge is 0.331 e. The molecule has 0 saturated heterocycles. The topological polar surface area (TPSA) is 63.1 Å². The van der Waals surface area contributed by atoms with Crippen LogP contribution in [0, 0.1) is 12.7 Å². The molecule has 28 heavy (non-hydrogen) atoms. The van der Waals surface area contributed by atoms with E-state index in [4.69, 9.17) is 0 Å². The molecule has 0 saturated carbocycles. The lowest BCUT2D eigenvalue weighted by Gasteiger charge is -2.29. The number of anilines is 1. The summed E-state index contributed by atoms with van der Waals surface area (Å²) in [7, 11) is 0. The van der Waals surface area contributed by atoms with Crippen molar-refractivity contribution < 1.29 is 9.18 Å². The van der Waals surface area contributed by atoms with Gasteiger partial charge >= 0.3 is 6.03 Å². The average molecular weight is 379 g/mol. The van der Waals surface area contributed by atoms with Crippen molar-refractivity contribution in [2.45, 2.75) is 32.7 Å². The van der Waals surface area contributed by atoms with Gasteiger partial charge < -0.3 is 5.32 Å². The molecule has 0 spiro atoms. The Labute approximate surface area is 163 Å². The van der Waals surface area contributed by atoms with Crippen molar-refractivity contribution in [3.05, 3.63) is 71.6 Å². The summed E-state index contributed by atoms with van der Waals surface area (Å²) in [5.74, 6) is -0.287. The third-order valence-electron chi connectivity index (χ3n) is 4.99. The van der Waals surface area contributed by atoms with E-state index in [-0.39, 0.29) is 17.9 Å². The lowest BCUT2D eigenvalue weighted by Crippen LogP contribution is -2.43. The van der Waals surface area contributed by atoms with E-state index >= 15 is 0 Å². The fourth-order valence-corrected chi connectivity index (χ4v) is 3.53. The zero-order chi connectivity index (χ0) is 19.7. The van der Waals surface area contributed by atoms with Crippen LogP contribution < -0.4 is 10.2 Å². The van der Waals surface area contributed by atoms with Gasteiger partial charge in [0.2, 0.25) is 0 Å². The number of nitrogens with zero attached hydrogens (tertiary/aromatic N) is 4. The van der Waals surface area contributed by atoms with Crippen LogP contribution in [-0.4, -0.2) is 27.3 Å². The molecule has 3 aromatic rings. The van der Waals surface area contributed by atoms with Gasteiger partial charge in [-0.15, -0.1) is 0 Å². The third kappa shape index (κ3) is 3.47. The highest BCUT2D eigenvalue weighted by Gasteiger charge is 2.27. The molecule has 1 aromatic carbocycles. The van der Waals surface area contributed by atoms with Crippen molar-refractivity contribution in [2.24, 2.45) is 0 Å². The molecular weight excluding hydrogens is 357 g/mol. The number of urea groups is 1. The number of fused-ring (bicyclic) bond motifs is 1. The number of carbonyl (C=O) groups excluding carboxylic acids is 1. The summed E-state index contributed by atoms with van der Waals surface area (Å²) in [6.45, 7) is 4.56. The second-order valence-corrected chi connectivity index (χ2v) is 7.09. The number of hydrogen-bond donors (Lipinski definition) is 1. The van der Waals surface area contributed by atoms with Gasteiger partial charge in [0.05, 0.1) is 29.3 Å². The molecule has 1 aliphatic rings. The molecule has 144 valence electrons. The van der Waals surface area contributed by atoms with Crippen LogP contribution in [0.3, 0.4) is 0 Å². The highest BCUT2D eigenvalue weighted by molar-refractivity contribution is 5.93. The Bertz CT molecular complexity index is 998. The fraction of sp³-hybridized carbons (Fsp3) is 0.286.